The van der Waals surface area contributed by atoms with Crippen LogP contribution in [0.2, 0.25) is 0 Å². The number of fused-ring (bicyclic) bond motifs is 3. The highest BCUT2D eigenvalue weighted by Crippen LogP contribution is 2.33. The first-order chi connectivity index (χ1) is 37.7. The molecule has 18 nitrogen and oxygen atoms in total. The highest BCUT2D eigenvalue weighted by molar-refractivity contribution is 5.96. The fourth-order valence-electron chi connectivity index (χ4n) is 10.3. The molecule has 1 fully saturated rings. The number of amides is 3. The van der Waals surface area contributed by atoms with Gasteiger partial charge in [-0.1, -0.05) is 73.7 Å². The maximum Gasteiger partial charge on any atom is 0.300 e. The molecule has 0 bridgehead atoms. The molecule has 1 aliphatic rings. The van der Waals surface area contributed by atoms with Gasteiger partial charge >= 0.3 is 0 Å². The second-order valence-corrected chi connectivity index (χ2v) is 20.5. The van der Waals surface area contributed by atoms with E-state index in [0.29, 0.717) is 74.0 Å². The third-order valence-corrected chi connectivity index (χ3v) is 14.8. The molecular formula is C60H65N11O7. The second kappa shape index (κ2) is 23.0. The topological polar surface area (TPSA) is 216 Å². The van der Waals surface area contributed by atoms with E-state index in [1.165, 1.54) is 21.8 Å². The average Bonchev–Trinajstić information content (AvgIpc) is 4.28. The minimum absolute atomic E-state index is 0.0508. The quantitative estimate of drug-likeness (QED) is 0.0473. The van der Waals surface area contributed by atoms with Crippen LogP contribution in [0.15, 0.2) is 127 Å². The molecule has 10 rings (SSSR count). The smallest absolute Gasteiger partial charge is 0.300 e. The third-order valence-electron chi connectivity index (χ3n) is 14.8. The second-order valence-electron chi connectivity index (χ2n) is 20.5. The predicted octanol–water partition coefficient (Wildman–Crippen LogP) is 7.44. The van der Waals surface area contributed by atoms with Crippen molar-refractivity contribution in [2.45, 2.75) is 64.6 Å². The molecule has 5 aromatic carbocycles. The molecule has 402 valence electrons. The molecule has 3 amide bonds. The molecule has 18 heteroatoms. The van der Waals surface area contributed by atoms with Crippen molar-refractivity contribution in [2.75, 3.05) is 45.9 Å². The number of likely N-dealkylation sites (tertiary alicyclic amines) is 1. The van der Waals surface area contributed by atoms with Crippen molar-refractivity contribution in [3.8, 4) is 34.1 Å². The van der Waals surface area contributed by atoms with E-state index in [1.807, 2.05) is 81.6 Å². The minimum atomic E-state index is -1.17. The van der Waals surface area contributed by atoms with Crippen LogP contribution in [0, 0.1) is 13.8 Å². The number of carbonyl (C=O) groups is 3. The van der Waals surface area contributed by atoms with Crippen molar-refractivity contribution < 1.29 is 29.0 Å². The number of rotatable bonds is 20. The highest BCUT2D eigenvalue weighted by Gasteiger charge is 2.35. The van der Waals surface area contributed by atoms with Gasteiger partial charge in [-0.2, -0.15) is 10.1 Å². The lowest BCUT2D eigenvalue weighted by Gasteiger charge is -2.38. The Morgan fingerprint density at radius 2 is 1.60 bits per heavy atom. The number of hydrogen-bond donors (Lipinski definition) is 5. The van der Waals surface area contributed by atoms with Crippen molar-refractivity contribution in [3.63, 3.8) is 0 Å². The molecule has 1 atom stereocenters. The number of carbonyl (C=O) groups excluding carboxylic acids is 3. The minimum Gasteiger partial charge on any atom is -0.426 e. The van der Waals surface area contributed by atoms with E-state index in [4.69, 9.17) is 14.5 Å². The normalized spacial score (nSPS) is 13.8. The summed E-state index contributed by atoms with van der Waals surface area (Å²) in [6.07, 6.45) is 4.62. The number of piperidine rings is 1. The van der Waals surface area contributed by atoms with E-state index in [0.717, 1.165) is 50.0 Å². The maximum absolute atomic E-state index is 13.7. The Balaban J connectivity index is 0.627. The lowest BCUT2D eigenvalue weighted by molar-refractivity contribution is -0.136. The van der Waals surface area contributed by atoms with E-state index >= 15 is 0 Å². The van der Waals surface area contributed by atoms with Crippen molar-refractivity contribution >= 4 is 50.7 Å². The standard InChI is InChI=1S/C60H65N11O7/c1-38-11-17-46(78-59-65-49-29-40(3)47(33-50(49)66-59)44-16-18-51-45(31-44)19-24-68(51)4)32-48(38)57(74)63-23-28-77-27-22-62-52(72)35-61-34-41-12-14-43(15-13-41)56-54-55(67-69(56)5)58(75)71(37-64-54)36-60(76)20-25-70(26-21-60)53(73)30-39(2)42-9-7-6-8-10-42/h6-19,24,29,31-33,37,39,61,76H,20-23,25-28,30,34-36H2,1-5H3,(H,62,72)(H,63,74)(H,65,66)/t39-/m1/s1. The molecule has 78 heavy (non-hydrogen) atoms. The number of nitrogens with zero attached hydrogens (tertiary/aromatic N) is 7. The van der Waals surface area contributed by atoms with Gasteiger partial charge in [0.2, 0.25) is 11.8 Å². The Morgan fingerprint density at radius 3 is 2.38 bits per heavy atom. The summed E-state index contributed by atoms with van der Waals surface area (Å²) in [4.78, 5) is 67.1. The molecule has 5 heterocycles. The molecule has 1 saturated heterocycles. The van der Waals surface area contributed by atoms with Gasteiger partial charge < -0.3 is 45.0 Å². The Kier molecular flexibility index (Phi) is 15.6. The molecule has 5 N–H and O–H groups in total. The average molecular weight is 1050 g/mol. The van der Waals surface area contributed by atoms with Gasteiger partial charge in [-0.15, -0.1) is 0 Å². The van der Waals surface area contributed by atoms with Gasteiger partial charge in [-0.05, 0) is 108 Å². The van der Waals surface area contributed by atoms with Crippen molar-refractivity contribution in [2.24, 2.45) is 14.1 Å². The van der Waals surface area contributed by atoms with Crippen molar-refractivity contribution in [1.82, 2.24) is 54.7 Å². The summed E-state index contributed by atoms with van der Waals surface area (Å²) in [5.41, 5.74) is 10.1. The predicted molar refractivity (Wildman–Crippen MR) is 300 cm³/mol. The molecule has 9 aromatic rings. The summed E-state index contributed by atoms with van der Waals surface area (Å²) in [6, 6.07) is 36.1. The zero-order valence-electron chi connectivity index (χ0n) is 44.6. The monoisotopic (exact) mass is 1050 g/mol. The van der Waals surface area contributed by atoms with Crippen LogP contribution in [-0.2, 0) is 41.5 Å². The lowest BCUT2D eigenvalue weighted by Crippen LogP contribution is -2.49. The number of aromatic nitrogens is 7. The Labute approximate surface area is 451 Å². The summed E-state index contributed by atoms with van der Waals surface area (Å²) < 4.78 is 17.0. The molecule has 0 aliphatic carbocycles. The van der Waals surface area contributed by atoms with E-state index < -0.39 is 5.60 Å². The first-order valence-electron chi connectivity index (χ1n) is 26.4. The summed E-state index contributed by atoms with van der Waals surface area (Å²) in [7, 11) is 3.81. The fraction of sp³-hybridized carbons (Fsp3) is 0.317. The largest absolute Gasteiger partial charge is 0.426 e. The number of ether oxygens (including phenoxy) is 2. The summed E-state index contributed by atoms with van der Waals surface area (Å²) in [5.74, 6) is 0.184. The number of hydrogen-bond acceptors (Lipinski definition) is 11. The Hall–Kier alpha value is -8.45. The van der Waals surface area contributed by atoms with Crippen LogP contribution in [0.1, 0.15) is 64.7 Å². The molecule has 4 aromatic heterocycles. The van der Waals surface area contributed by atoms with Gasteiger partial charge in [0.1, 0.15) is 11.3 Å². The van der Waals surface area contributed by atoms with Gasteiger partial charge in [0.05, 0.1) is 55.0 Å². The summed E-state index contributed by atoms with van der Waals surface area (Å²) in [6.45, 7) is 8.54. The zero-order valence-corrected chi connectivity index (χ0v) is 44.6. The van der Waals surface area contributed by atoms with Crippen molar-refractivity contribution in [3.05, 3.63) is 160 Å². The lowest BCUT2D eigenvalue weighted by atomic mass is 9.90. The molecule has 0 spiro atoms. The van der Waals surface area contributed by atoms with E-state index in [9.17, 15) is 24.3 Å². The van der Waals surface area contributed by atoms with Crippen LogP contribution in [0.4, 0.5) is 0 Å². The van der Waals surface area contributed by atoms with Gasteiger partial charge in [-0.25, -0.2) is 4.98 Å². The number of aromatic amines is 1. The molecule has 1 aliphatic heterocycles. The third kappa shape index (κ3) is 11.9. The van der Waals surface area contributed by atoms with Gasteiger partial charge in [0.25, 0.3) is 17.5 Å². The van der Waals surface area contributed by atoms with Crippen LogP contribution < -0.4 is 26.2 Å². The Morgan fingerprint density at radius 1 is 0.846 bits per heavy atom. The maximum atomic E-state index is 13.7. The van der Waals surface area contributed by atoms with Crippen LogP contribution in [0.5, 0.6) is 11.8 Å². The molecular weight excluding hydrogens is 987 g/mol. The summed E-state index contributed by atoms with van der Waals surface area (Å²) >= 11 is 0. The first-order valence-corrected chi connectivity index (χ1v) is 26.4. The van der Waals surface area contributed by atoms with E-state index in [2.05, 4.69) is 85.1 Å². The van der Waals surface area contributed by atoms with Gasteiger partial charge in [0.15, 0.2) is 5.52 Å². The number of imidazole rings is 1. The van der Waals surface area contributed by atoms with E-state index in [-0.39, 0.29) is 67.6 Å². The Bertz CT molecular complexity index is 3700. The number of benzene rings is 5. The highest BCUT2D eigenvalue weighted by atomic mass is 16.5. The number of H-pyrrole nitrogens is 1. The number of aryl methyl sites for hydroxylation is 4. The molecule has 0 radical (unpaired) electrons. The zero-order chi connectivity index (χ0) is 54.5. The number of aliphatic hydroxyl groups is 1. The van der Waals surface area contributed by atoms with Crippen LogP contribution in [-0.4, -0.2) is 113 Å². The van der Waals surface area contributed by atoms with Crippen LogP contribution >= 0.6 is 0 Å². The first kappa shape index (κ1) is 53.0. The van der Waals surface area contributed by atoms with Gasteiger partial charge in [0, 0.05) is 81.5 Å². The van der Waals surface area contributed by atoms with Crippen LogP contribution in [0.3, 0.4) is 0 Å². The van der Waals surface area contributed by atoms with Crippen molar-refractivity contribution in [1.29, 1.82) is 0 Å². The SMILES string of the molecule is Cc1ccc(Oc2nc3cc(-c4ccc5c(ccn5C)c4)c(C)cc3[nH]2)cc1C(=O)NCCOCCNC(=O)CNCc1ccc(-c2c3ncn(CC4(O)CCN(C(=O)C[C@@H](C)c5ccccc5)CC4)c(=O)c3nn2C)cc1. The number of nitrogens with one attached hydrogen (secondary N) is 4. The molecule has 0 saturated carbocycles. The molecule has 0 unspecified atom stereocenters. The fourth-order valence-corrected chi connectivity index (χ4v) is 10.3. The summed E-state index contributed by atoms with van der Waals surface area (Å²) in [5, 5.41) is 26.2. The van der Waals surface area contributed by atoms with Gasteiger partial charge in [-0.3, -0.25) is 28.4 Å². The van der Waals surface area contributed by atoms with E-state index in [1.54, 1.807) is 28.8 Å². The van der Waals surface area contributed by atoms with Crippen LogP contribution in [0.25, 0.3) is 55.4 Å².